The van der Waals surface area contributed by atoms with Gasteiger partial charge in [0.05, 0.1) is 16.4 Å². The number of nitrogens with zero attached hydrogens (tertiary/aromatic N) is 1. The van der Waals surface area contributed by atoms with Crippen LogP contribution in [0.5, 0.6) is 0 Å². The number of esters is 1. The zero-order chi connectivity index (χ0) is 21.0. The molecule has 1 aromatic heterocycles. The Morgan fingerprint density at radius 3 is 2.48 bits per heavy atom. The molecular formula is C20H19FN2O5S. The van der Waals surface area contributed by atoms with Gasteiger partial charge in [-0.05, 0) is 37.3 Å². The number of aromatic nitrogens is 1. The van der Waals surface area contributed by atoms with E-state index in [0.29, 0.717) is 10.9 Å². The number of benzene rings is 2. The first-order valence-corrected chi connectivity index (χ1v) is 10.3. The topological polar surface area (TPSA) is 94.5 Å². The molecule has 0 aliphatic rings. The molecule has 0 saturated heterocycles. The number of amides is 1. The number of carbonyl (C=O) groups excluding carboxylic acids is 2. The average Bonchev–Trinajstić information content (AvgIpc) is 3.06. The van der Waals surface area contributed by atoms with Gasteiger partial charge in [0, 0.05) is 17.1 Å². The van der Waals surface area contributed by atoms with Crippen LogP contribution in [0.2, 0.25) is 0 Å². The summed E-state index contributed by atoms with van der Waals surface area (Å²) in [5.74, 6) is -1.56. The molecule has 1 N–H and O–H groups in total. The van der Waals surface area contributed by atoms with E-state index in [1.807, 2.05) is 0 Å². The molecule has 7 nitrogen and oxygen atoms in total. The van der Waals surface area contributed by atoms with E-state index in [-0.39, 0.29) is 29.5 Å². The van der Waals surface area contributed by atoms with Crippen LogP contribution in [0.1, 0.15) is 6.92 Å². The van der Waals surface area contributed by atoms with Gasteiger partial charge in [0.25, 0.3) is 0 Å². The Kier molecular flexibility index (Phi) is 5.97. The summed E-state index contributed by atoms with van der Waals surface area (Å²) in [6, 6.07) is 11.3. The highest BCUT2D eigenvalue weighted by atomic mass is 32.2. The van der Waals surface area contributed by atoms with Crippen molar-refractivity contribution in [1.29, 1.82) is 0 Å². The predicted molar refractivity (Wildman–Crippen MR) is 103 cm³/mol. The molecule has 0 unspecified atom stereocenters. The molecule has 1 amide bonds. The number of hydrogen-bond donors (Lipinski definition) is 1. The molecule has 29 heavy (non-hydrogen) atoms. The van der Waals surface area contributed by atoms with Crippen molar-refractivity contribution in [2.75, 3.05) is 13.2 Å². The highest BCUT2D eigenvalue weighted by molar-refractivity contribution is 7.91. The van der Waals surface area contributed by atoms with Crippen LogP contribution in [0.15, 0.2) is 64.5 Å². The van der Waals surface area contributed by atoms with Gasteiger partial charge in [-0.2, -0.15) is 0 Å². The van der Waals surface area contributed by atoms with E-state index in [1.54, 1.807) is 31.2 Å². The second-order valence-electron chi connectivity index (χ2n) is 6.18. The van der Waals surface area contributed by atoms with Crippen LogP contribution < -0.4 is 5.32 Å². The lowest BCUT2D eigenvalue weighted by molar-refractivity contribution is -0.143. The molecule has 0 aliphatic heterocycles. The number of ether oxygens (including phenoxy) is 1. The largest absolute Gasteiger partial charge is 0.465 e. The third-order valence-electron chi connectivity index (χ3n) is 4.21. The minimum atomic E-state index is -3.92. The summed E-state index contributed by atoms with van der Waals surface area (Å²) >= 11 is 0. The van der Waals surface area contributed by atoms with Crippen LogP contribution in [0.4, 0.5) is 4.39 Å². The van der Waals surface area contributed by atoms with Crippen LogP contribution in [-0.2, 0) is 30.7 Å². The van der Waals surface area contributed by atoms with Crippen molar-refractivity contribution in [3.8, 4) is 0 Å². The lowest BCUT2D eigenvalue weighted by Crippen LogP contribution is -2.33. The second-order valence-corrected chi connectivity index (χ2v) is 8.10. The summed E-state index contributed by atoms with van der Waals surface area (Å²) in [5, 5.41) is 2.88. The van der Waals surface area contributed by atoms with E-state index in [9.17, 15) is 22.4 Å². The summed E-state index contributed by atoms with van der Waals surface area (Å²) < 4.78 is 45.5. The van der Waals surface area contributed by atoms with Gasteiger partial charge >= 0.3 is 5.97 Å². The minimum absolute atomic E-state index is 0.0119. The smallest absolute Gasteiger partial charge is 0.325 e. The van der Waals surface area contributed by atoms with E-state index < -0.39 is 27.5 Å². The van der Waals surface area contributed by atoms with Gasteiger partial charge in [0.1, 0.15) is 18.9 Å². The van der Waals surface area contributed by atoms with E-state index in [0.717, 1.165) is 12.1 Å². The summed E-state index contributed by atoms with van der Waals surface area (Å²) in [5.41, 5.74) is 0.541. The maximum atomic E-state index is 13.2. The molecule has 0 fully saturated rings. The molecule has 0 aliphatic carbocycles. The summed E-state index contributed by atoms with van der Waals surface area (Å²) in [7, 11) is -3.92. The molecule has 0 spiro atoms. The SMILES string of the molecule is CCOC(=O)CNC(=O)Cn1cc(S(=O)(=O)c2ccc(F)cc2)c2ccccc21. The fraction of sp³-hybridized carbons (Fsp3) is 0.200. The van der Waals surface area contributed by atoms with Gasteiger partial charge in [-0.15, -0.1) is 0 Å². The Bertz CT molecular complexity index is 1150. The number of halogens is 1. The maximum Gasteiger partial charge on any atom is 0.325 e. The lowest BCUT2D eigenvalue weighted by Gasteiger charge is -2.07. The molecule has 9 heteroatoms. The van der Waals surface area contributed by atoms with Crippen molar-refractivity contribution in [2.45, 2.75) is 23.3 Å². The zero-order valence-electron chi connectivity index (χ0n) is 15.6. The number of nitrogens with one attached hydrogen (secondary N) is 1. The van der Waals surface area contributed by atoms with Gasteiger partial charge in [0.2, 0.25) is 15.7 Å². The average molecular weight is 418 g/mol. The molecule has 2 aromatic carbocycles. The molecule has 152 valence electrons. The summed E-state index contributed by atoms with van der Waals surface area (Å²) in [4.78, 5) is 23.5. The Morgan fingerprint density at radius 2 is 1.79 bits per heavy atom. The fourth-order valence-corrected chi connectivity index (χ4v) is 4.37. The van der Waals surface area contributed by atoms with Crippen molar-refractivity contribution in [3.05, 3.63) is 60.5 Å². The van der Waals surface area contributed by atoms with Crippen LogP contribution in [0, 0.1) is 5.82 Å². The monoisotopic (exact) mass is 418 g/mol. The second kappa shape index (κ2) is 8.44. The van der Waals surface area contributed by atoms with Gasteiger partial charge in [-0.3, -0.25) is 9.59 Å². The fourth-order valence-electron chi connectivity index (χ4n) is 2.89. The third kappa shape index (κ3) is 4.45. The van der Waals surface area contributed by atoms with Gasteiger partial charge in [-0.25, -0.2) is 12.8 Å². The van der Waals surface area contributed by atoms with Gasteiger partial charge in [0.15, 0.2) is 0 Å². The number of carbonyl (C=O) groups is 2. The predicted octanol–water partition coefficient (Wildman–Crippen LogP) is 2.29. The number of hydrogen-bond acceptors (Lipinski definition) is 5. The normalized spacial score (nSPS) is 11.4. The first kappa shape index (κ1) is 20.5. The molecule has 0 radical (unpaired) electrons. The molecule has 0 bridgehead atoms. The van der Waals surface area contributed by atoms with Crippen LogP contribution in [0.25, 0.3) is 10.9 Å². The summed E-state index contributed by atoms with van der Waals surface area (Å²) in [6.07, 6.45) is 1.37. The van der Waals surface area contributed by atoms with E-state index in [4.69, 9.17) is 4.74 Å². The Morgan fingerprint density at radius 1 is 1.10 bits per heavy atom. The Hall–Kier alpha value is -3.20. The number of sulfone groups is 1. The molecule has 0 atom stereocenters. The molecule has 0 saturated carbocycles. The zero-order valence-corrected chi connectivity index (χ0v) is 16.4. The van der Waals surface area contributed by atoms with Crippen molar-refractivity contribution >= 4 is 32.6 Å². The maximum absolute atomic E-state index is 13.2. The quantitative estimate of drug-likeness (QED) is 0.469. The Labute approximate surface area is 167 Å². The highest BCUT2D eigenvalue weighted by Gasteiger charge is 2.24. The lowest BCUT2D eigenvalue weighted by atomic mass is 10.2. The first-order chi connectivity index (χ1) is 13.8. The molecular weight excluding hydrogens is 399 g/mol. The third-order valence-corrected chi connectivity index (χ3v) is 6.01. The molecule has 1 heterocycles. The van der Waals surface area contributed by atoms with Crippen LogP contribution >= 0.6 is 0 Å². The number of fused-ring (bicyclic) bond motifs is 1. The van der Waals surface area contributed by atoms with Gasteiger partial charge < -0.3 is 14.6 Å². The van der Waals surface area contributed by atoms with E-state index in [2.05, 4.69) is 5.32 Å². The number of rotatable bonds is 7. The van der Waals surface area contributed by atoms with Crippen molar-refractivity contribution in [1.82, 2.24) is 9.88 Å². The Balaban J connectivity index is 1.92. The summed E-state index contributed by atoms with van der Waals surface area (Å²) in [6.45, 7) is 1.42. The van der Waals surface area contributed by atoms with Crippen LogP contribution in [0.3, 0.4) is 0 Å². The van der Waals surface area contributed by atoms with Crippen molar-refractivity contribution < 1.29 is 27.1 Å². The van der Waals surface area contributed by atoms with Crippen LogP contribution in [-0.4, -0.2) is 38.0 Å². The van der Waals surface area contributed by atoms with Gasteiger partial charge in [-0.1, -0.05) is 18.2 Å². The first-order valence-electron chi connectivity index (χ1n) is 8.83. The highest BCUT2D eigenvalue weighted by Crippen LogP contribution is 2.30. The van der Waals surface area contributed by atoms with E-state index in [1.165, 1.54) is 22.9 Å². The standard InChI is InChI=1S/C20H19FN2O5S/c1-2-28-20(25)11-22-19(24)13-23-12-18(16-5-3-4-6-17(16)23)29(26,27)15-9-7-14(21)8-10-15/h3-10,12H,2,11,13H2,1H3,(H,22,24). The molecule has 3 aromatic rings. The van der Waals surface area contributed by atoms with E-state index >= 15 is 0 Å². The van der Waals surface area contributed by atoms with Crippen molar-refractivity contribution in [2.24, 2.45) is 0 Å². The molecule has 3 rings (SSSR count). The van der Waals surface area contributed by atoms with Crippen molar-refractivity contribution in [3.63, 3.8) is 0 Å². The minimum Gasteiger partial charge on any atom is -0.465 e. The number of para-hydroxylation sites is 1.